The van der Waals surface area contributed by atoms with E-state index in [0.717, 1.165) is 11.3 Å². The molecule has 132 valence electrons. The van der Waals surface area contributed by atoms with Crippen LogP contribution in [0.1, 0.15) is 21.6 Å². The number of amides is 1. The number of carbonyl (C=O) groups is 1. The van der Waals surface area contributed by atoms with Crippen molar-refractivity contribution < 1.29 is 18.7 Å². The third kappa shape index (κ3) is 3.23. The van der Waals surface area contributed by atoms with Gasteiger partial charge in [-0.3, -0.25) is 4.79 Å². The van der Waals surface area contributed by atoms with Gasteiger partial charge in [0.05, 0.1) is 12.2 Å². The van der Waals surface area contributed by atoms with Crippen LogP contribution in [-0.2, 0) is 6.54 Å². The number of halogens is 1. The first-order chi connectivity index (χ1) is 12.6. The summed E-state index contributed by atoms with van der Waals surface area (Å²) in [6, 6.07) is 13.0. The molecule has 0 aliphatic carbocycles. The van der Waals surface area contributed by atoms with E-state index in [9.17, 15) is 9.18 Å². The number of nitrogens with zero attached hydrogens (tertiary/aromatic N) is 2. The van der Waals surface area contributed by atoms with Crippen LogP contribution < -0.4 is 14.8 Å². The molecule has 0 saturated heterocycles. The summed E-state index contributed by atoms with van der Waals surface area (Å²) in [6.07, 6.45) is 0. The van der Waals surface area contributed by atoms with E-state index in [1.807, 2.05) is 6.92 Å². The van der Waals surface area contributed by atoms with Gasteiger partial charge in [0.1, 0.15) is 11.6 Å². The molecule has 26 heavy (non-hydrogen) atoms. The number of benzene rings is 2. The molecule has 1 N–H and O–H groups in total. The molecule has 0 bridgehead atoms. The maximum absolute atomic E-state index is 13.1. The molecule has 0 saturated carbocycles. The van der Waals surface area contributed by atoms with Crippen molar-refractivity contribution in [2.75, 3.05) is 12.1 Å². The van der Waals surface area contributed by atoms with E-state index >= 15 is 0 Å². The van der Waals surface area contributed by atoms with E-state index < -0.39 is 0 Å². The zero-order valence-corrected chi connectivity index (χ0v) is 14.0. The molecular weight excluding hydrogens is 337 g/mol. The minimum absolute atomic E-state index is 0.157. The SMILES string of the molecule is Cc1cc(NC(=O)c2ccc3c(c2)OCO3)n(Cc2ccc(F)cc2)n1. The molecule has 0 unspecified atom stereocenters. The molecule has 0 atom stereocenters. The zero-order valence-electron chi connectivity index (χ0n) is 14.0. The summed E-state index contributed by atoms with van der Waals surface area (Å²) in [4.78, 5) is 12.6. The number of hydrogen-bond acceptors (Lipinski definition) is 4. The predicted octanol–water partition coefficient (Wildman–Crippen LogP) is 3.36. The zero-order chi connectivity index (χ0) is 18.1. The fourth-order valence-corrected chi connectivity index (χ4v) is 2.76. The minimum atomic E-state index is -0.290. The third-order valence-corrected chi connectivity index (χ3v) is 4.02. The highest BCUT2D eigenvalue weighted by Crippen LogP contribution is 2.32. The van der Waals surface area contributed by atoms with Gasteiger partial charge in [0.2, 0.25) is 6.79 Å². The summed E-state index contributed by atoms with van der Waals surface area (Å²) in [7, 11) is 0. The molecule has 1 aromatic heterocycles. The Hall–Kier alpha value is -3.35. The van der Waals surface area contributed by atoms with E-state index in [0.29, 0.717) is 29.4 Å². The Morgan fingerprint density at radius 1 is 1.15 bits per heavy atom. The first-order valence-corrected chi connectivity index (χ1v) is 8.08. The summed E-state index contributed by atoms with van der Waals surface area (Å²) in [6.45, 7) is 2.42. The maximum Gasteiger partial charge on any atom is 0.256 e. The van der Waals surface area contributed by atoms with E-state index in [2.05, 4.69) is 10.4 Å². The standard InChI is InChI=1S/C19H16FN3O3/c1-12-8-18(23(22-12)10-13-2-5-15(20)6-3-13)21-19(24)14-4-7-16-17(9-14)26-11-25-16/h2-9H,10-11H2,1H3,(H,21,24). The first-order valence-electron chi connectivity index (χ1n) is 8.08. The highest BCUT2D eigenvalue weighted by atomic mass is 19.1. The number of aromatic nitrogens is 2. The summed E-state index contributed by atoms with van der Waals surface area (Å²) >= 11 is 0. The van der Waals surface area contributed by atoms with Crippen molar-refractivity contribution in [1.82, 2.24) is 9.78 Å². The van der Waals surface area contributed by atoms with Gasteiger partial charge in [0.15, 0.2) is 11.5 Å². The van der Waals surface area contributed by atoms with Crippen molar-refractivity contribution in [3.05, 3.63) is 71.2 Å². The monoisotopic (exact) mass is 353 g/mol. The van der Waals surface area contributed by atoms with Gasteiger partial charge >= 0.3 is 0 Å². The van der Waals surface area contributed by atoms with Gasteiger partial charge in [-0.15, -0.1) is 0 Å². The van der Waals surface area contributed by atoms with Crippen molar-refractivity contribution in [3.63, 3.8) is 0 Å². The number of ether oxygens (including phenoxy) is 2. The number of hydrogen-bond donors (Lipinski definition) is 1. The Morgan fingerprint density at radius 3 is 2.73 bits per heavy atom. The normalized spacial score (nSPS) is 12.2. The number of fused-ring (bicyclic) bond motifs is 1. The summed E-state index contributed by atoms with van der Waals surface area (Å²) < 4.78 is 25.3. The van der Waals surface area contributed by atoms with Crippen molar-refractivity contribution >= 4 is 11.7 Å². The fraction of sp³-hybridized carbons (Fsp3) is 0.158. The van der Waals surface area contributed by atoms with Crippen LogP contribution in [0.3, 0.4) is 0 Å². The van der Waals surface area contributed by atoms with Crippen molar-refractivity contribution in [2.24, 2.45) is 0 Å². The van der Waals surface area contributed by atoms with Gasteiger partial charge in [0, 0.05) is 11.6 Å². The molecule has 1 aliphatic rings. The average molecular weight is 353 g/mol. The van der Waals surface area contributed by atoms with E-state index in [1.54, 1.807) is 41.1 Å². The van der Waals surface area contributed by atoms with Gasteiger partial charge in [-0.25, -0.2) is 9.07 Å². The lowest BCUT2D eigenvalue weighted by Crippen LogP contribution is -2.16. The first kappa shape index (κ1) is 16.1. The Bertz CT molecular complexity index is 967. The van der Waals surface area contributed by atoms with Crippen LogP contribution >= 0.6 is 0 Å². The molecule has 0 fully saturated rings. The third-order valence-electron chi connectivity index (χ3n) is 4.02. The summed E-state index contributed by atoms with van der Waals surface area (Å²) in [5.41, 5.74) is 2.11. The van der Waals surface area contributed by atoms with Crippen LogP contribution in [0.5, 0.6) is 11.5 Å². The fourth-order valence-electron chi connectivity index (χ4n) is 2.76. The number of nitrogens with one attached hydrogen (secondary N) is 1. The molecule has 2 aromatic carbocycles. The number of rotatable bonds is 4. The van der Waals surface area contributed by atoms with Crippen LogP contribution in [0.15, 0.2) is 48.5 Å². The maximum atomic E-state index is 13.1. The average Bonchev–Trinajstić information content (AvgIpc) is 3.22. The van der Waals surface area contributed by atoms with Gasteiger partial charge in [0.25, 0.3) is 5.91 Å². The van der Waals surface area contributed by atoms with Crippen LogP contribution in [0.4, 0.5) is 10.2 Å². The Kier molecular flexibility index (Phi) is 4.04. The molecule has 2 heterocycles. The lowest BCUT2D eigenvalue weighted by molar-refractivity contribution is 0.102. The topological polar surface area (TPSA) is 65.4 Å². The lowest BCUT2D eigenvalue weighted by atomic mass is 10.2. The molecule has 1 amide bonds. The quantitative estimate of drug-likeness (QED) is 0.781. The summed E-state index contributed by atoms with van der Waals surface area (Å²) in [5.74, 6) is 1.17. The molecule has 0 radical (unpaired) electrons. The second kappa shape index (κ2) is 6.51. The molecule has 0 spiro atoms. The molecule has 1 aliphatic heterocycles. The molecular formula is C19H16FN3O3. The van der Waals surface area contributed by atoms with Gasteiger partial charge in [-0.05, 0) is 42.8 Å². The number of aryl methyl sites for hydroxylation is 1. The highest BCUT2D eigenvalue weighted by molar-refractivity contribution is 6.04. The molecule has 3 aromatic rings. The number of carbonyl (C=O) groups excluding carboxylic acids is 1. The van der Waals surface area contributed by atoms with Gasteiger partial charge < -0.3 is 14.8 Å². The predicted molar refractivity (Wildman–Crippen MR) is 93.0 cm³/mol. The van der Waals surface area contributed by atoms with Crippen molar-refractivity contribution in [2.45, 2.75) is 13.5 Å². The number of anilines is 1. The van der Waals surface area contributed by atoms with Crippen LogP contribution in [0, 0.1) is 12.7 Å². The summed E-state index contributed by atoms with van der Waals surface area (Å²) in [5, 5.41) is 7.26. The Labute approximate surface area is 149 Å². The van der Waals surface area contributed by atoms with E-state index in [4.69, 9.17) is 9.47 Å². The smallest absolute Gasteiger partial charge is 0.256 e. The van der Waals surface area contributed by atoms with E-state index in [-0.39, 0.29) is 18.5 Å². The minimum Gasteiger partial charge on any atom is -0.454 e. The molecule has 7 heteroatoms. The van der Waals surface area contributed by atoms with Crippen LogP contribution in [0.2, 0.25) is 0 Å². The van der Waals surface area contributed by atoms with Crippen molar-refractivity contribution in [1.29, 1.82) is 0 Å². The second-order valence-corrected chi connectivity index (χ2v) is 5.98. The van der Waals surface area contributed by atoms with Crippen LogP contribution in [-0.4, -0.2) is 22.5 Å². The van der Waals surface area contributed by atoms with Gasteiger partial charge in [-0.1, -0.05) is 12.1 Å². The lowest BCUT2D eigenvalue weighted by Gasteiger charge is -2.09. The Balaban J connectivity index is 1.54. The van der Waals surface area contributed by atoms with Crippen molar-refractivity contribution in [3.8, 4) is 11.5 Å². The highest BCUT2D eigenvalue weighted by Gasteiger charge is 2.17. The second-order valence-electron chi connectivity index (χ2n) is 5.98. The van der Waals surface area contributed by atoms with Crippen LogP contribution in [0.25, 0.3) is 0 Å². The Morgan fingerprint density at radius 2 is 1.92 bits per heavy atom. The largest absolute Gasteiger partial charge is 0.454 e. The van der Waals surface area contributed by atoms with Gasteiger partial charge in [-0.2, -0.15) is 5.10 Å². The molecule has 4 rings (SSSR count). The molecule has 6 nitrogen and oxygen atoms in total. The van der Waals surface area contributed by atoms with E-state index in [1.165, 1.54) is 12.1 Å².